The van der Waals surface area contributed by atoms with E-state index in [-0.39, 0.29) is 71.8 Å². The first kappa shape index (κ1) is 34.7. The second-order valence-corrected chi connectivity index (χ2v) is 10.8. The molecule has 0 saturated heterocycles. The van der Waals surface area contributed by atoms with Crippen LogP contribution in [0.4, 0.5) is 11.8 Å². The summed E-state index contributed by atoms with van der Waals surface area (Å²) in [5.41, 5.74) is 11.7. The Kier molecular flexibility index (Phi) is 10.8. The largest absolute Gasteiger partial charge is 0.480 e. The third kappa shape index (κ3) is 7.60. The zero-order valence-corrected chi connectivity index (χ0v) is 26.1. The van der Waals surface area contributed by atoms with Gasteiger partial charge in [-0.2, -0.15) is 9.97 Å². The van der Waals surface area contributed by atoms with E-state index in [1.54, 1.807) is 19.1 Å². The van der Waals surface area contributed by atoms with Gasteiger partial charge in [0.25, 0.3) is 11.8 Å². The van der Waals surface area contributed by atoms with Gasteiger partial charge in [-0.1, -0.05) is 31.2 Å². The van der Waals surface area contributed by atoms with Crippen molar-refractivity contribution in [3.05, 3.63) is 82.7 Å². The Morgan fingerprint density at radius 2 is 1.62 bits per heavy atom. The summed E-state index contributed by atoms with van der Waals surface area (Å²) >= 11 is 0. The van der Waals surface area contributed by atoms with Crippen molar-refractivity contribution in [1.82, 2.24) is 30.6 Å². The molecule has 0 aliphatic carbocycles. The molecule has 0 aliphatic heterocycles. The summed E-state index contributed by atoms with van der Waals surface area (Å²) < 4.78 is 5.17. The van der Waals surface area contributed by atoms with E-state index in [9.17, 15) is 34.2 Å². The molecule has 8 N–H and O–H groups in total. The number of esters is 1. The zero-order valence-electron chi connectivity index (χ0n) is 26.1. The van der Waals surface area contributed by atoms with Crippen LogP contribution in [0.3, 0.4) is 0 Å². The maximum absolute atomic E-state index is 13.2. The maximum atomic E-state index is 13.2. The zero-order chi connectivity index (χ0) is 35.0. The third-order valence-electron chi connectivity index (χ3n) is 7.82. The number of ether oxygens (including phenoxy) is 1. The number of methoxy groups -OCH3 is 1. The second-order valence-electron chi connectivity index (χ2n) is 10.8. The first-order chi connectivity index (χ1) is 22.9. The van der Waals surface area contributed by atoms with E-state index >= 15 is 0 Å². The number of nitrogens with two attached hydrogens (primary N) is 2. The molecule has 0 radical (unpaired) electrons. The molecule has 4 rings (SSSR count). The van der Waals surface area contributed by atoms with Crippen LogP contribution in [0.2, 0.25) is 0 Å². The van der Waals surface area contributed by atoms with Crippen molar-refractivity contribution in [3.63, 3.8) is 0 Å². The van der Waals surface area contributed by atoms with Crippen LogP contribution in [0.25, 0.3) is 11.2 Å². The number of carboxylic acids is 2. The van der Waals surface area contributed by atoms with E-state index in [0.717, 1.165) is 0 Å². The van der Waals surface area contributed by atoms with Gasteiger partial charge in [0, 0.05) is 18.5 Å². The minimum atomic E-state index is -1.27. The first-order valence-electron chi connectivity index (χ1n) is 14.8. The lowest BCUT2D eigenvalue weighted by Crippen LogP contribution is -2.41. The highest BCUT2D eigenvalue weighted by Gasteiger charge is 2.41. The number of amides is 2. The standard InChI is InChI=1S/C32H34N8O8/c1-3-32(30(47)48-2,15-19-16-36-25-23(37-19)24(33)39-31(34)40-25)18-12-10-17(11-13-18)26(41)38-22(29(45)46)9-6-14-35-27(42)20-7-4-5-8-21(20)28(43)44/h4-5,7-8,10-13,16,22H,3,6,9,14-15H2,1-2H3,(H,35,42)(H,38,41)(H,43,44)(H,45,46)(H4,33,34,36,39,40). The van der Waals surface area contributed by atoms with Crippen molar-refractivity contribution in [2.45, 2.75) is 44.1 Å². The number of carboxylic acid groups (broad SMARTS) is 2. The minimum Gasteiger partial charge on any atom is -0.480 e. The SMILES string of the molecule is CCC(Cc1cnc2nc(N)nc(N)c2n1)(C(=O)OC)c1ccc(C(=O)NC(CCCNC(=O)c2ccccc2C(=O)O)C(=O)O)cc1. The van der Waals surface area contributed by atoms with Crippen LogP contribution in [0, 0.1) is 0 Å². The number of hydrogen-bond donors (Lipinski definition) is 6. The summed E-state index contributed by atoms with van der Waals surface area (Å²) in [4.78, 5) is 78.7. The molecule has 16 nitrogen and oxygen atoms in total. The van der Waals surface area contributed by atoms with Crippen molar-refractivity contribution in [2.75, 3.05) is 25.1 Å². The Morgan fingerprint density at radius 1 is 0.938 bits per heavy atom. The van der Waals surface area contributed by atoms with Crippen LogP contribution < -0.4 is 22.1 Å². The van der Waals surface area contributed by atoms with Crippen LogP contribution >= 0.6 is 0 Å². The van der Waals surface area contributed by atoms with Gasteiger partial charge in [-0.15, -0.1) is 0 Å². The molecule has 2 atom stereocenters. The van der Waals surface area contributed by atoms with Gasteiger partial charge in [0.05, 0.1) is 35.5 Å². The van der Waals surface area contributed by atoms with Gasteiger partial charge in [0.2, 0.25) is 5.95 Å². The number of nitrogens with one attached hydrogen (secondary N) is 2. The number of aliphatic carboxylic acids is 1. The lowest BCUT2D eigenvalue weighted by molar-refractivity contribution is -0.148. The van der Waals surface area contributed by atoms with E-state index in [2.05, 4.69) is 30.6 Å². The number of hydrogen-bond acceptors (Lipinski definition) is 12. The lowest BCUT2D eigenvalue weighted by atomic mass is 9.74. The summed E-state index contributed by atoms with van der Waals surface area (Å²) in [7, 11) is 1.27. The highest BCUT2D eigenvalue weighted by molar-refractivity contribution is 6.04. The van der Waals surface area contributed by atoms with Crippen molar-refractivity contribution in [1.29, 1.82) is 0 Å². The lowest BCUT2D eigenvalue weighted by Gasteiger charge is -2.30. The van der Waals surface area contributed by atoms with Crippen LogP contribution in [0.15, 0.2) is 54.7 Å². The molecule has 2 aromatic heterocycles. The van der Waals surface area contributed by atoms with Gasteiger partial charge >= 0.3 is 17.9 Å². The molecule has 2 amide bonds. The Morgan fingerprint density at radius 3 is 2.25 bits per heavy atom. The predicted octanol–water partition coefficient (Wildman–Crippen LogP) is 1.74. The Bertz CT molecular complexity index is 1870. The number of fused-ring (bicyclic) bond motifs is 1. The fourth-order valence-electron chi connectivity index (χ4n) is 5.25. The van der Waals surface area contributed by atoms with Gasteiger partial charge in [0.15, 0.2) is 17.0 Å². The highest BCUT2D eigenvalue weighted by atomic mass is 16.5. The normalized spacial score (nSPS) is 12.8. The topological polar surface area (TPSA) is 263 Å². The maximum Gasteiger partial charge on any atom is 0.336 e. The molecule has 2 unspecified atom stereocenters. The molecule has 2 heterocycles. The Labute approximate surface area is 274 Å². The number of carbonyl (C=O) groups is 5. The van der Waals surface area contributed by atoms with Gasteiger partial charge < -0.3 is 37.1 Å². The van der Waals surface area contributed by atoms with Crippen molar-refractivity contribution >= 4 is 52.7 Å². The van der Waals surface area contributed by atoms with E-state index in [1.807, 2.05) is 0 Å². The molecule has 0 spiro atoms. The quantitative estimate of drug-likeness (QED) is 0.0833. The van der Waals surface area contributed by atoms with Crippen LogP contribution in [-0.2, 0) is 26.2 Å². The average molecular weight is 659 g/mol. The molecule has 48 heavy (non-hydrogen) atoms. The monoisotopic (exact) mass is 658 g/mol. The third-order valence-corrected chi connectivity index (χ3v) is 7.82. The molecule has 0 bridgehead atoms. The fourth-order valence-corrected chi connectivity index (χ4v) is 5.25. The van der Waals surface area contributed by atoms with Crippen LogP contribution in [-0.4, -0.2) is 79.6 Å². The number of carbonyl (C=O) groups excluding carboxylic acids is 3. The smallest absolute Gasteiger partial charge is 0.336 e. The van der Waals surface area contributed by atoms with Crippen LogP contribution in [0.1, 0.15) is 68.5 Å². The van der Waals surface area contributed by atoms with Gasteiger partial charge in [-0.25, -0.2) is 19.6 Å². The molecule has 16 heteroatoms. The van der Waals surface area contributed by atoms with Gasteiger partial charge in [-0.05, 0) is 49.1 Å². The number of benzene rings is 2. The fraction of sp³-hybridized carbons (Fsp3) is 0.281. The first-order valence-corrected chi connectivity index (χ1v) is 14.8. The van der Waals surface area contributed by atoms with Crippen molar-refractivity contribution in [2.24, 2.45) is 0 Å². The summed E-state index contributed by atoms with van der Waals surface area (Å²) in [6, 6.07) is 10.5. The van der Waals surface area contributed by atoms with Crippen molar-refractivity contribution < 1.29 is 38.9 Å². The molecule has 0 saturated carbocycles. The molecule has 250 valence electrons. The number of nitrogen functional groups attached to an aromatic ring is 2. The minimum absolute atomic E-state index is 0.0176. The van der Waals surface area contributed by atoms with Gasteiger partial charge in [0.1, 0.15) is 6.04 Å². The molecule has 0 fully saturated rings. The summed E-state index contributed by atoms with van der Waals surface area (Å²) in [5, 5.41) is 24.0. The van der Waals surface area contributed by atoms with E-state index in [1.165, 1.54) is 49.7 Å². The van der Waals surface area contributed by atoms with E-state index in [4.69, 9.17) is 16.2 Å². The Balaban J connectivity index is 1.44. The summed E-state index contributed by atoms with van der Waals surface area (Å²) in [6.07, 6.45) is 1.97. The number of rotatable bonds is 14. The van der Waals surface area contributed by atoms with E-state index < -0.39 is 41.2 Å². The second kappa shape index (κ2) is 14.9. The number of nitrogens with zero attached hydrogens (tertiary/aromatic N) is 4. The average Bonchev–Trinajstić information content (AvgIpc) is 3.08. The van der Waals surface area contributed by atoms with Crippen molar-refractivity contribution in [3.8, 4) is 0 Å². The number of aromatic carboxylic acids is 1. The van der Waals surface area contributed by atoms with E-state index in [0.29, 0.717) is 11.3 Å². The van der Waals surface area contributed by atoms with Gasteiger partial charge in [-0.3, -0.25) is 14.4 Å². The highest BCUT2D eigenvalue weighted by Crippen LogP contribution is 2.34. The molecular formula is C32H34N8O8. The molecular weight excluding hydrogens is 624 g/mol. The van der Waals surface area contributed by atoms with Crippen LogP contribution in [0.5, 0.6) is 0 Å². The molecule has 0 aliphatic rings. The Hall–Kier alpha value is -6.19. The molecule has 4 aromatic rings. The predicted molar refractivity (Wildman–Crippen MR) is 172 cm³/mol. The summed E-state index contributed by atoms with van der Waals surface area (Å²) in [6.45, 7) is 1.85. The number of anilines is 2. The number of aromatic nitrogens is 4. The molecule has 2 aromatic carbocycles. The summed E-state index contributed by atoms with van der Waals surface area (Å²) in [5.74, 6) is -4.37.